The Morgan fingerprint density at radius 2 is 2.19 bits per heavy atom. The van der Waals surface area contributed by atoms with Crippen molar-refractivity contribution in [3.8, 4) is 0 Å². The van der Waals surface area contributed by atoms with Crippen LogP contribution in [0.2, 0.25) is 0 Å². The first-order valence-electron chi connectivity index (χ1n) is 5.63. The molecule has 94 valence electrons. The Labute approximate surface area is 101 Å². The van der Waals surface area contributed by atoms with Crippen molar-refractivity contribution in [2.24, 2.45) is 5.73 Å². The monoisotopic (exact) mass is 247 g/mol. The fourth-order valence-corrected chi connectivity index (χ4v) is 3.02. The molecule has 0 bridgehead atoms. The molecule has 0 aromatic carbocycles. The van der Waals surface area contributed by atoms with Crippen LogP contribution in [0.3, 0.4) is 0 Å². The van der Waals surface area contributed by atoms with Crippen molar-refractivity contribution in [1.82, 2.24) is 0 Å². The Hall–Kier alpha value is -0.260. The van der Waals surface area contributed by atoms with Crippen LogP contribution in [0.15, 0.2) is 0 Å². The fraction of sp³-hybridized carbons (Fsp3) is 0.909. The number of hydrogen-bond donors (Lipinski definition) is 1. The van der Waals surface area contributed by atoms with Gasteiger partial charge in [0.25, 0.3) is 0 Å². The number of carbonyl (C=O) groups is 1. The van der Waals surface area contributed by atoms with Gasteiger partial charge in [0.1, 0.15) is 5.54 Å². The van der Waals surface area contributed by atoms with Crippen molar-refractivity contribution in [2.45, 2.75) is 37.0 Å². The summed E-state index contributed by atoms with van der Waals surface area (Å²) >= 11 is 1.88. The molecular formula is C11H21NO3S. The van der Waals surface area contributed by atoms with E-state index in [1.54, 1.807) is 6.92 Å². The lowest BCUT2D eigenvalue weighted by Gasteiger charge is -2.24. The summed E-state index contributed by atoms with van der Waals surface area (Å²) in [5.74, 6) is 0.562. The van der Waals surface area contributed by atoms with Gasteiger partial charge >= 0.3 is 5.97 Å². The molecule has 0 amide bonds. The number of thioether (sulfide) groups is 1. The van der Waals surface area contributed by atoms with Crippen molar-refractivity contribution in [2.75, 3.05) is 26.1 Å². The van der Waals surface area contributed by atoms with E-state index in [4.69, 9.17) is 10.5 Å². The molecule has 4 nitrogen and oxygen atoms in total. The largest absolute Gasteiger partial charge is 0.468 e. The predicted molar refractivity (Wildman–Crippen MR) is 65.5 cm³/mol. The minimum absolute atomic E-state index is 0.333. The van der Waals surface area contributed by atoms with E-state index < -0.39 is 5.54 Å². The van der Waals surface area contributed by atoms with Crippen molar-refractivity contribution >= 4 is 17.7 Å². The molecule has 1 heterocycles. The maximum absolute atomic E-state index is 11.3. The van der Waals surface area contributed by atoms with E-state index in [2.05, 4.69) is 4.74 Å². The molecule has 0 spiro atoms. The normalized spacial score (nSPS) is 21.4. The van der Waals surface area contributed by atoms with Gasteiger partial charge in [0.15, 0.2) is 0 Å². The minimum Gasteiger partial charge on any atom is -0.468 e. The standard InChI is InChI=1S/C11H21NO3S/c1-11(12,10(13)14-2)5-8-16-9-3-6-15-7-4-9/h9H,3-8,12H2,1-2H3. The summed E-state index contributed by atoms with van der Waals surface area (Å²) in [5.41, 5.74) is 5.02. The average Bonchev–Trinajstić information content (AvgIpc) is 2.29. The maximum atomic E-state index is 11.3. The molecule has 0 aromatic heterocycles. The van der Waals surface area contributed by atoms with Crippen molar-refractivity contribution in [1.29, 1.82) is 0 Å². The molecule has 1 aliphatic heterocycles. The Bertz CT molecular complexity index is 227. The molecule has 1 atom stereocenters. The average molecular weight is 247 g/mol. The van der Waals surface area contributed by atoms with Gasteiger partial charge in [-0.15, -0.1) is 0 Å². The van der Waals surface area contributed by atoms with E-state index in [1.165, 1.54) is 7.11 Å². The van der Waals surface area contributed by atoms with E-state index in [1.807, 2.05) is 11.8 Å². The Kier molecular flexibility index (Phi) is 5.58. The first-order valence-corrected chi connectivity index (χ1v) is 6.68. The quantitative estimate of drug-likeness (QED) is 0.739. The van der Waals surface area contributed by atoms with Crippen LogP contribution in [0.4, 0.5) is 0 Å². The molecule has 2 N–H and O–H groups in total. The molecule has 0 aromatic rings. The first-order chi connectivity index (χ1) is 7.56. The van der Waals surface area contributed by atoms with Crippen molar-refractivity contribution in [3.05, 3.63) is 0 Å². The summed E-state index contributed by atoms with van der Waals surface area (Å²) < 4.78 is 9.95. The van der Waals surface area contributed by atoms with Crippen LogP contribution in [-0.4, -0.2) is 42.8 Å². The Morgan fingerprint density at radius 3 is 2.75 bits per heavy atom. The van der Waals surface area contributed by atoms with Crippen LogP contribution < -0.4 is 5.73 Å². The summed E-state index contributed by atoms with van der Waals surface area (Å²) in [6.07, 6.45) is 2.86. The van der Waals surface area contributed by atoms with Gasteiger partial charge in [-0.25, -0.2) is 0 Å². The molecule has 16 heavy (non-hydrogen) atoms. The minimum atomic E-state index is -0.854. The SMILES string of the molecule is COC(=O)C(C)(N)CCSC1CCOCC1. The second-order valence-corrected chi connectivity index (χ2v) is 5.75. The van der Waals surface area contributed by atoms with E-state index >= 15 is 0 Å². The molecule has 5 heteroatoms. The zero-order valence-corrected chi connectivity index (χ0v) is 10.8. The van der Waals surface area contributed by atoms with Crippen LogP contribution in [0.25, 0.3) is 0 Å². The van der Waals surface area contributed by atoms with Gasteiger partial charge in [0.2, 0.25) is 0 Å². The highest BCUT2D eigenvalue weighted by Crippen LogP contribution is 2.24. The van der Waals surface area contributed by atoms with Gasteiger partial charge in [-0.2, -0.15) is 11.8 Å². The molecule has 1 fully saturated rings. The highest BCUT2D eigenvalue weighted by molar-refractivity contribution is 7.99. The lowest BCUT2D eigenvalue weighted by molar-refractivity contribution is -0.146. The van der Waals surface area contributed by atoms with Gasteiger partial charge in [0.05, 0.1) is 7.11 Å². The summed E-state index contributed by atoms with van der Waals surface area (Å²) in [7, 11) is 1.37. The van der Waals surface area contributed by atoms with Crippen molar-refractivity contribution in [3.63, 3.8) is 0 Å². The second-order valence-electron chi connectivity index (χ2n) is 4.34. The van der Waals surface area contributed by atoms with Crippen LogP contribution in [0, 0.1) is 0 Å². The number of methoxy groups -OCH3 is 1. The van der Waals surface area contributed by atoms with E-state index in [9.17, 15) is 4.79 Å². The Morgan fingerprint density at radius 1 is 1.56 bits per heavy atom. The molecular weight excluding hydrogens is 226 g/mol. The summed E-state index contributed by atoms with van der Waals surface area (Å²) in [6.45, 7) is 3.44. The zero-order chi connectivity index (χ0) is 12.0. The first kappa shape index (κ1) is 13.8. The maximum Gasteiger partial charge on any atom is 0.325 e. The topological polar surface area (TPSA) is 61.5 Å². The van der Waals surface area contributed by atoms with Crippen LogP contribution in [-0.2, 0) is 14.3 Å². The zero-order valence-electron chi connectivity index (χ0n) is 10.0. The molecule has 1 aliphatic rings. The van der Waals surface area contributed by atoms with Gasteiger partial charge < -0.3 is 15.2 Å². The Balaban J connectivity index is 2.20. The molecule has 1 rings (SSSR count). The summed E-state index contributed by atoms with van der Waals surface area (Å²) in [5, 5.41) is 0.655. The highest BCUT2D eigenvalue weighted by Gasteiger charge is 2.29. The molecule has 0 saturated carbocycles. The third kappa shape index (κ3) is 4.31. The lowest BCUT2D eigenvalue weighted by Crippen LogP contribution is -2.46. The number of ether oxygens (including phenoxy) is 2. The lowest BCUT2D eigenvalue weighted by atomic mass is 10.0. The van der Waals surface area contributed by atoms with Gasteiger partial charge in [-0.3, -0.25) is 4.79 Å². The van der Waals surface area contributed by atoms with Crippen LogP contribution in [0.1, 0.15) is 26.2 Å². The van der Waals surface area contributed by atoms with Gasteiger partial charge in [-0.05, 0) is 31.9 Å². The predicted octanol–water partition coefficient (Wildman–Crippen LogP) is 1.18. The van der Waals surface area contributed by atoms with E-state index in [0.717, 1.165) is 31.8 Å². The number of carbonyl (C=O) groups excluding carboxylic acids is 1. The third-order valence-corrected chi connectivity index (χ3v) is 4.18. The number of rotatable bonds is 5. The van der Waals surface area contributed by atoms with Crippen LogP contribution in [0.5, 0.6) is 0 Å². The summed E-state index contributed by atoms with van der Waals surface area (Å²) in [4.78, 5) is 11.3. The van der Waals surface area contributed by atoms with E-state index in [-0.39, 0.29) is 5.97 Å². The molecule has 0 aliphatic carbocycles. The number of esters is 1. The highest BCUT2D eigenvalue weighted by atomic mass is 32.2. The van der Waals surface area contributed by atoms with Gasteiger partial charge in [0, 0.05) is 18.5 Å². The smallest absolute Gasteiger partial charge is 0.325 e. The van der Waals surface area contributed by atoms with Gasteiger partial charge in [-0.1, -0.05) is 0 Å². The molecule has 1 saturated heterocycles. The molecule has 0 radical (unpaired) electrons. The number of nitrogens with two attached hydrogens (primary N) is 1. The summed E-state index contributed by atoms with van der Waals surface area (Å²) in [6, 6.07) is 0. The number of hydrogen-bond acceptors (Lipinski definition) is 5. The molecule has 1 unspecified atom stereocenters. The van der Waals surface area contributed by atoms with E-state index in [0.29, 0.717) is 11.7 Å². The second kappa shape index (κ2) is 6.47. The van der Waals surface area contributed by atoms with Crippen LogP contribution >= 0.6 is 11.8 Å². The third-order valence-electron chi connectivity index (χ3n) is 2.79. The van der Waals surface area contributed by atoms with Crippen molar-refractivity contribution < 1.29 is 14.3 Å². The fourth-order valence-electron chi connectivity index (χ4n) is 1.62.